The number of benzene rings is 1. The van der Waals surface area contributed by atoms with Gasteiger partial charge in [-0.1, -0.05) is 0 Å². The summed E-state index contributed by atoms with van der Waals surface area (Å²) in [4.78, 5) is 9.01. The molecule has 0 aliphatic carbocycles. The van der Waals surface area contributed by atoms with Gasteiger partial charge in [-0.3, -0.25) is 0 Å². The van der Waals surface area contributed by atoms with E-state index in [2.05, 4.69) is 32.0 Å². The monoisotopic (exact) mass is 351 g/mol. The lowest BCUT2D eigenvalue weighted by atomic mass is 10.3. The molecule has 6 heteroatoms. The first-order chi connectivity index (χ1) is 9.11. The summed E-state index contributed by atoms with van der Waals surface area (Å²) in [7, 11) is 0. The summed E-state index contributed by atoms with van der Waals surface area (Å²) >= 11 is 6.65. The highest BCUT2D eigenvalue weighted by atomic mass is 79.9. The molecule has 1 aromatic carbocycles. The average Bonchev–Trinajstić information content (AvgIpc) is 2.74. The third-order valence-electron chi connectivity index (χ3n) is 2.57. The lowest BCUT2D eigenvalue weighted by molar-refractivity contribution is 1.07. The molecule has 96 valence electrons. The molecule has 19 heavy (non-hydrogen) atoms. The standard InChI is InChI=1S/C13H10BrN3S2/c1-7-4-8(14)6-16-12(7)19-13-17-10-3-2-9(15)5-11(10)18-13/h2-6H,15H2,1H3. The van der Waals surface area contributed by atoms with Crippen molar-refractivity contribution in [1.29, 1.82) is 0 Å². The molecule has 0 aliphatic heterocycles. The van der Waals surface area contributed by atoms with E-state index in [1.807, 2.05) is 25.1 Å². The van der Waals surface area contributed by atoms with E-state index < -0.39 is 0 Å². The highest BCUT2D eigenvalue weighted by Gasteiger charge is 2.09. The molecule has 0 amide bonds. The fourth-order valence-corrected chi connectivity index (χ4v) is 4.18. The lowest BCUT2D eigenvalue weighted by Gasteiger charge is -2.01. The third-order valence-corrected chi connectivity index (χ3v) is 5.21. The van der Waals surface area contributed by atoms with Crippen LogP contribution in [0.5, 0.6) is 0 Å². The van der Waals surface area contributed by atoms with Crippen molar-refractivity contribution in [3.05, 3.63) is 40.5 Å². The minimum absolute atomic E-state index is 0.769. The highest BCUT2D eigenvalue weighted by molar-refractivity contribution is 9.10. The summed E-state index contributed by atoms with van der Waals surface area (Å²) in [5, 5.41) is 0.982. The summed E-state index contributed by atoms with van der Waals surface area (Å²) in [6.45, 7) is 2.05. The summed E-state index contributed by atoms with van der Waals surface area (Å²) in [6.07, 6.45) is 1.81. The third kappa shape index (κ3) is 2.75. The van der Waals surface area contributed by atoms with Gasteiger partial charge in [-0.25, -0.2) is 9.97 Å². The summed E-state index contributed by atoms with van der Waals surface area (Å²) in [6, 6.07) is 7.84. The molecule has 2 N–H and O–H groups in total. The second kappa shape index (κ2) is 5.11. The number of pyridine rings is 1. The van der Waals surface area contributed by atoms with E-state index in [9.17, 15) is 0 Å². The Morgan fingerprint density at radius 2 is 2.16 bits per heavy atom. The summed E-state index contributed by atoms with van der Waals surface area (Å²) in [5.41, 5.74) is 8.67. The predicted molar refractivity (Wildman–Crippen MR) is 84.8 cm³/mol. The second-order valence-corrected chi connectivity index (χ2v) is 7.27. The fourth-order valence-electron chi connectivity index (χ4n) is 1.68. The van der Waals surface area contributed by atoms with Crippen LogP contribution in [0, 0.1) is 6.92 Å². The molecule has 0 atom stereocenters. The number of halogens is 1. The first-order valence-corrected chi connectivity index (χ1v) is 8.00. The molecule has 2 heterocycles. The zero-order valence-corrected chi connectivity index (χ0v) is 13.3. The number of nitrogens with zero attached hydrogens (tertiary/aromatic N) is 2. The minimum Gasteiger partial charge on any atom is -0.399 e. The van der Waals surface area contributed by atoms with Crippen molar-refractivity contribution >= 4 is 54.9 Å². The van der Waals surface area contributed by atoms with Gasteiger partial charge in [0.05, 0.1) is 10.2 Å². The van der Waals surface area contributed by atoms with Crippen LogP contribution < -0.4 is 5.73 Å². The molecule has 0 unspecified atom stereocenters. The number of fused-ring (bicyclic) bond motifs is 1. The average molecular weight is 352 g/mol. The lowest BCUT2D eigenvalue weighted by Crippen LogP contribution is -1.84. The van der Waals surface area contributed by atoms with Crippen LogP contribution in [-0.2, 0) is 0 Å². The summed E-state index contributed by atoms with van der Waals surface area (Å²) in [5.74, 6) is 0. The Hall–Kier alpha value is -1.11. The van der Waals surface area contributed by atoms with Crippen molar-refractivity contribution in [2.75, 3.05) is 5.73 Å². The maximum atomic E-state index is 5.78. The van der Waals surface area contributed by atoms with E-state index >= 15 is 0 Å². The SMILES string of the molecule is Cc1cc(Br)cnc1Sc1nc2ccc(N)cc2s1. The van der Waals surface area contributed by atoms with Crippen molar-refractivity contribution in [3.8, 4) is 0 Å². The van der Waals surface area contributed by atoms with Crippen molar-refractivity contribution in [2.24, 2.45) is 0 Å². The first-order valence-electron chi connectivity index (χ1n) is 5.58. The molecule has 0 spiro atoms. The van der Waals surface area contributed by atoms with Gasteiger partial charge in [0.15, 0.2) is 4.34 Å². The topological polar surface area (TPSA) is 51.8 Å². The molecule has 0 aliphatic rings. The van der Waals surface area contributed by atoms with E-state index in [4.69, 9.17) is 5.73 Å². The molecule has 0 bridgehead atoms. The van der Waals surface area contributed by atoms with Crippen LogP contribution in [0.3, 0.4) is 0 Å². The van der Waals surface area contributed by atoms with Crippen molar-refractivity contribution in [3.63, 3.8) is 0 Å². The van der Waals surface area contributed by atoms with Crippen LogP contribution in [0.2, 0.25) is 0 Å². The molecule has 0 radical (unpaired) electrons. The van der Waals surface area contributed by atoms with Gasteiger partial charge in [0, 0.05) is 16.4 Å². The van der Waals surface area contributed by atoms with E-state index in [0.717, 1.165) is 35.3 Å². The van der Waals surface area contributed by atoms with Crippen molar-refractivity contribution in [1.82, 2.24) is 9.97 Å². The number of nitrogen functional groups attached to an aromatic ring is 1. The van der Waals surface area contributed by atoms with E-state index in [1.165, 1.54) is 0 Å². The van der Waals surface area contributed by atoms with Gasteiger partial charge in [-0.15, -0.1) is 11.3 Å². The molecular weight excluding hydrogens is 342 g/mol. The Labute approximate surface area is 127 Å². The van der Waals surface area contributed by atoms with Crippen LogP contribution in [0.15, 0.2) is 44.3 Å². The number of aryl methyl sites for hydroxylation is 1. The Morgan fingerprint density at radius 3 is 2.95 bits per heavy atom. The van der Waals surface area contributed by atoms with Gasteiger partial charge in [0.2, 0.25) is 0 Å². The van der Waals surface area contributed by atoms with Crippen molar-refractivity contribution in [2.45, 2.75) is 16.3 Å². The first kappa shape index (κ1) is 12.9. The zero-order valence-electron chi connectivity index (χ0n) is 10.1. The van der Waals surface area contributed by atoms with Crippen LogP contribution >= 0.6 is 39.0 Å². The number of nitrogens with two attached hydrogens (primary N) is 1. The molecule has 0 saturated carbocycles. The summed E-state index contributed by atoms with van der Waals surface area (Å²) < 4.78 is 3.09. The Morgan fingerprint density at radius 1 is 1.32 bits per heavy atom. The van der Waals surface area contributed by atoms with E-state index in [0.29, 0.717) is 0 Å². The maximum Gasteiger partial charge on any atom is 0.157 e. The van der Waals surface area contributed by atoms with Crippen molar-refractivity contribution < 1.29 is 0 Å². The Balaban J connectivity index is 1.96. The molecule has 0 fully saturated rings. The van der Waals surface area contributed by atoms with Crippen LogP contribution in [0.1, 0.15) is 5.56 Å². The van der Waals surface area contributed by atoms with Gasteiger partial charge in [0.25, 0.3) is 0 Å². The number of anilines is 1. The molecular formula is C13H10BrN3S2. The zero-order chi connectivity index (χ0) is 13.4. The maximum absolute atomic E-state index is 5.78. The number of hydrogen-bond donors (Lipinski definition) is 1. The van der Waals surface area contributed by atoms with Crippen LogP contribution in [0.25, 0.3) is 10.2 Å². The number of rotatable bonds is 2. The largest absolute Gasteiger partial charge is 0.399 e. The van der Waals surface area contributed by atoms with Gasteiger partial charge in [0.1, 0.15) is 5.03 Å². The molecule has 0 saturated heterocycles. The van der Waals surface area contributed by atoms with E-state index in [1.54, 1.807) is 29.3 Å². The van der Waals surface area contributed by atoms with Crippen LogP contribution in [0.4, 0.5) is 5.69 Å². The normalized spacial score (nSPS) is 11.1. The fraction of sp³-hybridized carbons (Fsp3) is 0.0769. The van der Waals surface area contributed by atoms with Gasteiger partial charge in [-0.05, 0) is 64.4 Å². The smallest absolute Gasteiger partial charge is 0.157 e. The molecule has 2 aromatic heterocycles. The van der Waals surface area contributed by atoms with Gasteiger partial charge < -0.3 is 5.73 Å². The number of aromatic nitrogens is 2. The molecule has 3 aromatic rings. The van der Waals surface area contributed by atoms with E-state index in [-0.39, 0.29) is 0 Å². The number of hydrogen-bond acceptors (Lipinski definition) is 5. The molecule has 3 rings (SSSR count). The predicted octanol–water partition coefficient (Wildman–Crippen LogP) is 4.50. The van der Waals surface area contributed by atoms with Crippen LogP contribution in [-0.4, -0.2) is 9.97 Å². The van der Waals surface area contributed by atoms with Gasteiger partial charge >= 0.3 is 0 Å². The van der Waals surface area contributed by atoms with Gasteiger partial charge in [-0.2, -0.15) is 0 Å². The molecule has 3 nitrogen and oxygen atoms in total. The Bertz CT molecular complexity index is 755. The highest BCUT2D eigenvalue weighted by Crippen LogP contribution is 2.35. The quantitative estimate of drug-likeness (QED) is 0.690. The second-order valence-electron chi connectivity index (χ2n) is 4.08. The number of thiazole rings is 1. The Kier molecular flexibility index (Phi) is 3.47. The minimum atomic E-state index is 0.769.